The summed E-state index contributed by atoms with van der Waals surface area (Å²) >= 11 is 0. The monoisotopic (exact) mass is 129 g/mol. The average molecular weight is 129 g/mol. The number of carboxylic acids is 1. The van der Waals surface area contributed by atoms with E-state index in [1.165, 1.54) is 0 Å². The van der Waals surface area contributed by atoms with E-state index >= 15 is 0 Å². The van der Waals surface area contributed by atoms with Gasteiger partial charge in [0.1, 0.15) is 6.04 Å². The van der Waals surface area contributed by atoms with E-state index in [0.29, 0.717) is 0 Å². The van der Waals surface area contributed by atoms with Crippen LogP contribution in [0.4, 0.5) is 0 Å². The molecule has 4 N–H and O–H groups in total. The third kappa shape index (κ3) is 4.55. The molecule has 0 spiro atoms. The van der Waals surface area contributed by atoms with Gasteiger partial charge in [-0.15, -0.1) is 0 Å². The van der Waals surface area contributed by atoms with Crippen molar-refractivity contribution in [3.05, 3.63) is 0 Å². The number of hydrogen-bond donors (Lipinski definition) is 3. The van der Waals surface area contributed by atoms with E-state index < -0.39 is 18.6 Å². The first-order chi connectivity index (χ1) is 3.18. The number of carboxylic acid groups (broad SMARTS) is 1. The molecule has 0 aromatic carbocycles. The molecule has 0 aromatic rings. The third-order valence-corrected chi connectivity index (χ3v) is 0.514. The van der Waals surface area contributed by atoms with Crippen molar-refractivity contribution in [3.63, 3.8) is 0 Å². The maximum Gasteiger partial charge on any atom is 1.00 e. The molecule has 0 bridgehead atoms. The third-order valence-electron chi connectivity index (χ3n) is 0.514. The van der Waals surface area contributed by atoms with Crippen molar-refractivity contribution in [3.8, 4) is 0 Å². The number of nitrogens with two attached hydrogens (primary N) is 1. The molecule has 1 atom stereocenters. The molecule has 0 aliphatic heterocycles. The Bertz CT molecular complexity index is 81.5. The summed E-state index contributed by atoms with van der Waals surface area (Å²) < 4.78 is 0. The first-order valence-corrected chi connectivity index (χ1v) is 1.77. The topological polar surface area (TPSA) is 83.5 Å². The smallest absolute Gasteiger partial charge is 1.00 e. The Hall–Kier alpha value is 0.390. The Kier molecular flexibility index (Phi) is 7.75. The van der Waals surface area contributed by atoms with Gasteiger partial charge in [0, 0.05) is 0 Å². The van der Waals surface area contributed by atoms with Crippen LogP contribution in [0.2, 0.25) is 0 Å². The Morgan fingerprint density at radius 1 is 1.88 bits per heavy atom. The van der Waals surface area contributed by atoms with Crippen LogP contribution in [-0.4, -0.2) is 28.8 Å². The fraction of sp³-hybridized carbons (Fsp3) is 0.667. The molecule has 5 heteroatoms. The van der Waals surface area contributed by atoms with Gasteiger partial charge in [0.2, 0.25) is 0 Å². The molecule has 0 aromatic heterocycles. The minimum atomic E-state index is -1.18. The van der Waals surface area contributed by atoms with Crippen LogP contribution in [0.1, 0.15) is 1.43 Å². The number of rotatable bonds is 2. The van der Waals surface area contributed by atoms with Gasteiger partial charge in [-0.1, -0.05) is 0 Å². The summed E-state index contributed by atoms with van der Waals surface area (Å²) in [6, 6.07) is -1.13. The molecule has 4 nitrogen and oxygen atoms in total. The van der Waals surface area contributed by atoms with E-state index in [4.69, 9.17) is 15.9 Å². The second kappa shape index (κ2) is 5.53. The maximum atomic E-state index is 9.65. The second-order valence-corrected chi connectivity index (χ2v) is 1.13. The Morgan fingerprint density at radius 2 is 2.25 bits per heavy atom. The summed E-state index contributed by atoms with van der Waals surface area (Å²) in [7, 11) is 0. The maximum absolute atomic E-state index is 9.65. The van der Waals surface area contributed by atoms with Gasteiger partial charge in [-0.25, -0.2) is 0 Å². The zero-order chi connectivity index (χ0) is 5.86. The normalized spacial score (nSPS) is 11.8. The fourth-order valence-corrected chi connectivity index (χ4v) is 0.0781. The van der Waals surface area contributed by atoms with Crippen LogP contribution in [0.5, 0.6) is 0 Å². The molecular formula is C3H8NNaO3. The van der Waals surface area contributed by atoms with E-state index in [1.54, 1.807) is 0 Å². The molecule has 0 aliphatic carbocycles. The number of aliphatic hydroxyl groups excluding tert-OH is 1. The molecule has 0 aliphatic rings. The number of aliphatic carboxylic acids is 1. The summed E-state index contributed by atoms with van der Waals surface area (Å²) in [5, 5.41) is 15.9. The summed E-state index contributed by atoms with van der Waals surface area (Å²) in [6.07, 6.45) is 0. The van der Waals surface area contributed by atoms with Gasteiger partial charge in [0.25, 0.3) is 0 Å². The molecule has 8 heavy (non-hydrogen) atoms. The van der Waals surface area contributed by atoms with Crippen molar-refractivity contribution >= 4 is 5.97 Å². The van der Waals surface area contributed by atoms with Gasteiger partial charge >= 0.3 is 35.5 Å². The molecule has 0 saturated heterocycles. The predicted molar refractivity (Wildman–Crippen MR) is 23.8 cm³/mol. The van der Waals surface area contributed by atoms with Crippen LogP contribution in [-0.2, 0) is 4.79 Å². The van der Waals surface area contributed by atoms with Crippen molar-refractivity contribution < 1.29 is 46.0 Å². The Labute approximate surface area is 70.5 Å². The van der Waals surface area contributed by atoms with Gasteiger partial charge < -0.3 is 17.4 Å². The van der Waals surface area contributed by atoms with Gasteiger partial charge in [-0.3, -0.25) is 4.79 Å². The van der Waals surface area contributed by atoms with Crippen LogP contribution < -0.4 is 35.3 Å². The zero-order valence-electron chi connectivity index (χ0n) is 5.66. The van der Waals surface area contributed by atoms with Gasteiger partial charge in [-0.05, 0) is 0 Å². The molecule has 0 heterocycles. The molecule has 44 valence electrons. The van der Waals surface area contributed by atoms with Gasteiger partial charge in [-0.2, -0.15) is 0 Å². The van der Waals surface area contributed by atoms with Crippen LogP contribution >= 0.6 is 0 Å². The van der Waals surface area contributed by atoms with Crippen molar-refractivity contribution in [1.29, 1.82) is 0 Å². The zero-order valence-corrected chi connectivity index (χ0v) is 6.66. The average Bonchev–Trinajstić information content (AvgIpc) is 1.65. The first kappa shape index (κ1) is 11.2. The minimum absolute atomic E-state index is 0. The van der Waals surface area contributed by atoms with E-state index in [1.807, 2.05) is 0 Å². The van der Waals surface area contributed by atoms with Crippen molar-refractivity contribution in [2.45, 2.75) is 6.04 Å². The summed E-state index contributed by atoms with van der Waals surface area (Å²) in [6.45, 7) is -0.505. The minimum Gasteiger partial charge on any atom is -1.00 e. The standard InChI is InChI=1S/C3H7NO3.Na.H/c4-2(1-5)3(6)7;;/h2,5H,1,4H2,(H,6,7);;/q;+1;-1/t2-;;/m0../s1. The van der Waals surface area contributed by atoms with E-state index in [9.17, 15) is 4.79 Å². The molecular weight excluding hydrogens is 121 g/mol. The Balaban J connectivity index is -0.000000180. The SMILES string of the molecule is N[C@@H](CO)C(=O)O.[H-].[Na+]. The van der Waals surface area contributed by atoms with Gasteiger partial charge in [0.05, 0.1) is 6.61 Å². The van der Waals surface area contributed by atoms with Crippen LogP contribution in [0.25, 0.3) is 0 Å². The molecule has 0 radical (unpaired) electrons. The van der Waals surface area contributed by atoms with E-state index in [2.05, 4.69) is 0 Å². The molecule has 0 fully saturated rings. The fourth-order valence-electron chi connectivity index (χ4n) is 0.0781. The first-order valence-electron chi connectivity index (χ1n) is 1.77. The van der Waals surface area contributed by atoms with Crippen LogP contribution in [0, 0.1) is 0 Å². The van der Waals surface area contributed by atoms with Gasteiger partial charge in [0.15, 0.2) is 0 Å². The number of hydrogen-bond acceptors (Lipinski definition) is 3. The van der Waals surface area contributed by atoms with E-state index in [0.717, 1.165) is 0 Å². The van der Waals surface area contributed by atoms with Crippen molar-refractivity contribution in [1.82, 2.24) is 0 Å². The van der Waals surface area contributed by atoms with Crippen molar-refractivity contribution in [2.75, 3.05) is 6.61 Å². The second-order valence-electron chi connectivity index (χ2n) is 1.13. The largest absolute Gasteiger partial charge is 1.00 e. The van der Waals surface area contributed by atoms with E-state index in [-0.39, 0.29) is 31.0 Å². The summed E-state index contributed by atoms with van der Waals surface area (Å²) in [4.78, 5) is 9.65. The molecule has 0 unspecified atom stereocenters. The van der Waals surface area contributed by atoms with Crippen LogP contribution in [0.15, 0.2) is 0 Å². The molecule has 0 rings (SSSR count). The molecule has 0 saturated carbocycles. The van der Waals surface area contributed by atoms with Crippen molar-refractivity contribution in [2.24, 2.45) is 5.73 Å². The number of carbonyl (C=O) groups is 1. The summed E-state index contributed by atoms with van der Waals surface area (Å²) in [5.41, 5.74) is 4.77. The molecule has 0 amide bonds. The quantitative estimate of drug-likeness (QED) is 0.328. The Morgan fingerprint density at radius 3 is 2.25 bits per heavy atom. The summed E-state index contributed by atoms with van der Waals surface area (Å²) in [5.74, 6) is -1.18. The predicted octanol–water partition coefficient (Wildman–Crippen LogP) is -4.49. The van der Waals surface area contributed by atoms with Crippen LogP contribution in [0.3, 0.4) is 0 Å². The number of aliphatic hydroxyl groups is 1.